The summed E-state index contributed by atoms with van der Waals surface area (Å²) < 4.78 is 13.6. The molecule has 4 nitrogen and oxygen atoms in total. The highest BCUT2D eigenvalue weighted by molar-refractivity contribution is 9.10. The molecule has 0 spiro atoms. The van der Waals surface area contributed by atoms with Gasteiger partial charge in [-0.2, -0.15) is 0 Å². The van der Waals surface area contributed by atoms with Crippen molar-refractivity contribution in [2.24, 2.45) is 0 Å². The minimum absolute atomic E-state index is 0.160. The maximum absolute atomic E-state index is 12.7. The van der Waals surface area contributed by atoms with Gasteiger partial charge in [-0.05, 0) is 42.0 Å². The SMILES string of the molecule is O=C(NCc1ccc(F)cc1)C(=O)Nc1ccc(Br)cc1. The lowest BCUT2D eigenvalue weighted by Gasteiger charge is -2.06. The van der Waals surface area contributed by atoms with Gasteiger partial charge < -0.3 is 10.6 Å². The quantitative estimate of drug-likeness (QED) is 0.836. The molecule has 0 aliphatic carbocycles. The third kappa shape index (κ3) is 4.68. The van der Waals surface area contributed by atoms with E-state index in [9.17, 15) is 14.0 Å². The Kier molecular flexibility index (Phi) is 5.05. The van der Waals surface area contributed by atoms with E-state index < -0.39 is 11.8 Å². The second kappa shape index (κ2) is 6.99. The molecule has 0 heterocycles. The molecule has 0 saturated heterocycles. The van der Waals surface area contributed by atoms with E-state index >= 15 is 0 Å². The van der Waals surface area contributed by atoms with E-state index in [1.165, 1.54) is 12.1 Å². The maximum atomic E-state index is 12.7. The summed E-state index contributed by atoms with van der Waals surface area (Å²) in [6.45, 7) is 0.160. The minimum Gasteiger partial charge on any atom is -0.344 e. The molecule has 108 valence electrons. The van der Waals surface area contributed by atoms with Crippen molar-refractivity contribution in [1.82, 2.24) is 5.32 Å². The minimum atomic E-state index is -0.751. The lowest BCUT2D eigenvalue weighted by molar-refractivity contribution is -0.136. The summed E-state index contributed by atoms with van der Waals surface area (Å²) in [4.78, 5) is 23.3. The fourth-order valence-electron chi connectivity index (χ4n) is 1.59. The fraction of sp³-hybridized carbons (Fsp3) is 0.0667. The summed E-state index contributed by atoms with van der Waals surface area (Å²) in [6, 6.07) is 12.5. The Balaban J connectivity index is 1.86. The number of halogens is 2. The summed E-state index contributed by atoms with van der Waals surface area (Å²) in [6.07, 6.45) is 0. The monoisotopic (exact) mass is 350 g/mol. The number of hydrogen-bond donors (Lipinski definition) is 2. The average Bonchev–Trinajstić information content (AvgIpc) is 2.48. The molecule has 6 heteroatoms. The number of carbonyl (C=O) groups excluding carboxylic acids is 2. The van der Waals surface area contributed by atoms with Crippen LogP contribution in [0.4, 0.5) is 10.1 Å². The van der Waals surface area contributed by atoms with Crippen LogP contribution in [0.2, 0.25) is 0 Å². The van der Waals surface area contributed by atoms with Crippen LogP contribution in [0.3, 0.4) is 0 Å². The van der Waals surface area contributed by atoms with Gasteiger partial charge in [-0.3, -0.25) is 9.59 Å². The molecular formula is C15H12BrFN2O2. The van der Waals surface area contributed by atoms with Gasteiger partial charge in [0.15, 0.2) is 0 Å². The lowest BCUT2D eigenvalue weighted by Crippen LogP contribution is -2.34. The zero-order valence-electron chi connectivity index (χ0n) is 10.9. The predicted octanol–water partition coefficient (Wildman–Crippen LogP) is 2.84. The first kappa shape index (κ1) is 15.2. The number of amides is 2. The van der Waals surface area contributed by atoms with Gasteiger partial charge in [0.25, 0.3) is 0 Å². The summed E-state index contributed by atoms with van der Waals surface area (Å²) in [5.74, 6) is -1.85. The van der Waals surface area contributed by atoms with E-state index in [0.29, 0.717) is 11.3 Å². The van der Waals surface area contributed by atoms with Crippen molar-refractivity contribution < 1.29 is 14.0 Å². The van der Waals surface area contributed by atoms with Crippen molar-refractivity contribution in [3.8, 4) is 0 Å². The first-order valence-electron chi connectivity index (χ1n) is 6.14. The Morgan fingerprint density at radius 1 is 0.952 bits per heavy atom. The van der Waals surface area contributed by atoms with Crippen LogP contribution in [0.15, 0.2) is 53.0 Å². The highest BCUT2D eigenvalue weighted by Crippen LogP contribution is 2.13. The van der Waals surface area contributed by atoms with Crippen LogP contribution in [0.25, 0.3) is 0 Å². The molecule has 0 saturated carbocycles. The van der Waals surface area contributed by atoms with Crippen molar-refractivity contribution in [1.29, 1.82) is 0 Å². The maximum Gasteiger partial charge on any atom is 0.313 e. The molecule has 2 rings (SSSR count). The topological polar surface area (TPSA) is 58.2 Å². The molecule has 0 aliphatic rings. The van der Waals surface area contributed by atoms with E-state index in [1.807, 2.05) is 0 Å². The van der Waals surface area contributed by atoms with Gasteiger partial charge in [-0.25, -0.2) is 4.39 Å². The predicted molar refractivity (Wildman–Crippen MR) is 81.0 cm³/mol. The number of anilines is 1. The average molecular weight is 351 g/mol. The van der Waals surface area contributed by atoms with Gasteiger partial charge in [0, 0.05) is 16.7 Å². The van der Waals surface area contributed by atoms with Crippen molar-refractivity contribution in [3.05, 3.63) is 64.4 Å². The van der Waals surface area contributed by atoms with E-state index in [0.717, 1.165) is 4.47 Å². The second-order valence-corrected chi connectivity index (χ2v) is 5.19. The highest BCUT2D eigenvalue weighted by atomic mass is 79.9. The van der Waals surface area contributed by atoms with Gasteiger partial charge in [0.1, 0.15) is 5.82 Å². The molecule has 0 aliphatic heterocycles. The third-order valence-corrected chi connectivity index (χ3v) is 3.20. The van der Waals surface area contributed by atoms with Gasteiger partial charge >= 0.3 is 11.8 Å². The molecule has 2 aromatic carbocycles. The molecule has 0 bridgehead atoms. The molecule has 2 N–H and O–H groups in total. The fourth-order valence-corrected chi connectivity index (χ4v) is 1.85. The number of hydrogen-bond acceptors (Lipinski definition) is 2. The number of carbonyl (C=O) groups is 2. The normalized spacial score (nSPS) is 10.0. The zero-order valence-corrected chi connectivity index (χ0v) is 12.5. The van der Waals surface area contributed by atoms with Gasteiger partial charge in [0.2, 0.25) is 0 Å². The zero-order chi connectivity index (χ0) is 15.2. The van der Waals surface area contributed by atoms with Crippen molar-refractivity contribution >= 4 is 33.4 Å². The molecule has 21 heavy (non-hydrogen) atoms. The number of benzene rings is 2. The Morgan fingerprint density at radius 3 is 2.19 bits per heavy atom. The Hall–Kier alpha value is -2.21. The molecular weight excluding hydrogens is 339 g/mol. The number of rotatable bonds is 3. The van der Waals surface area contributed by atoms with Crippen LogP contribution in [-0.4, -0.2) is 11.8 Å². The van der Waals surface area contributed by atoms with Crippen molar-refractivity contribution in [3.63, 3.8) is 0 Å². The van der Waals surface area contributed by atoms with Crippen molar-refractivity contribution in [2.75, 3.05) is 5.32 Å². The molecule has 2 aromatic rings. The Morgan fingerprint density at radius 2 is 1.57 bits per heavy atom. The molecule has 0 atom stereocenters. The summed E-state index contributed by atoms with van der Waals surface area (Å²) in [5, 5.41) is 4.95. The molecule has 0 fully saturated rings. The van der Waals surface area contributed by atoms with Crippen LogP contribution in [0, 0.1) is 5.82 Å². The Bertz CT molecular complexity index is 642. The van der Waals surface area contributed by atoms with E-state index in [2.05, 4.69) is 26.6 Å². The van der Waals surface area contributed by atoms with Crippen molar-refractivity contribution in [2.45, 2.75) is 6.54 Å². The van der Waals surface area contributed by atoms with Crippen LogP contribution in [0.5, 0.6) is 0 Å². The first-order chi connectivity index (χ1) is 10.0. The largest absolute Gasteiger partial charge is 0.344 e. The van der Waals surface area contributed by atoms with E-state index in [1.54, 1.807) is 36.4 Å². The molecule has 0 unspecified atom stereocenters. The van der Waals surface area contributed by atoms with E-state index in [-0.39, 0.29) is 12.4 Å². The van der Waals surface area contributed by atoms with Crippen LogP contribution >= 0.6 is 15.9 Å². The van der Waals surface area contributed by atoms with Gasteiger partial charge in [0.05, 0.1) is 0 Å². The summed E-state index contributed by atoms with van der Waals surface area (Å²) >= 11 is 3.28. The van der Waals surface area contributed by atoms with Crippen LogP contribution in [0.1, 0.15) is 5.56 Å². The number of nitrogens with one attached hydrogen (secondary N) is 2. The third-order valence-electron chi connectivity index (χ3n) is 2.67. The van der Waals surface area contributed by atoms with Gasteiger partial charge in [-0.1, -0.05) is 28.1 Å². The second-order valence-electron chi connectivity index (χ2n) is 4.27. The molecule has 2 amide bonds. The summed E-state index contributed by atoms with van der Waals surface area (Å²) in [7, 11) is 0. The van der Waals surface area contributed by atoms with Gasteiger partial charge in [-0.15, -0.1) is 0 Å². The first-order valence-corrected chi connectivity index (χ1v) is 6.93. The summed E-state index contributed by atoms with van der Waals surface area (Å²) in [5.41, 5.74) is 1.24. The molecule has 0 aromatic heterocycles. The standard InChI is InChI=1S/C15H12BrFN2O2/c16-11-3-7-13(8-4-11)19-15(21)14(20)18-9-10-1-5-12(17)6-2-10/h1-8H,9H2,(H,18,20)(H,19,21). The smallest absolute Gasteiger partial charge is 0.313 e. The highest BCUT2D eigenvalue weighted by Gasteiger charge is 2.13. The Labute approximate surface area is 129 Å². The van der Waals surface area contributed by atoms with E-state index in [4.69, 9.17) is 0 Å². The lowest BCUT2D eigenvalue weighted by atomic mass is 10.2. The molecule has 0 radical (unpaired) electrons. The van der Waals surface area contributed by atoms with Crippen LogP contribution < -0.4 is 10.6 Å². The van der Waals surface area contributed by atoms with Crippen LogP contribution in [-0.2, 0) is 16.1 Å².